The van der Waals surface area contributed by atoms with Gasteiger partial charge in [-0.05, 0) is 43.9 Å². The van der Waals surface area contributed by atoms with E-state index in [0.717, 1.165) is 17.8 Å². The molecule has 3 rings (SSSR count). The fourth-order valence-corrected chi connectivity index (χ4v) is 4.04. The lowest BCUT2D eigenvalue weighted by Gasteiger charge is -2.39. The van der Waals surface area contributed by atoms with Gasteiger partial charge in [0.15, 0.2) is 5.96 Å². The largest absolute Gasteiger partial charge is 0.354 e. The van der Waals surface area contributed by atoms with Crippen LogP contribution in [0.5, 0.6) is 0 Å². The molecule has 0 radical (unpaired) electrons. The molecule has 3 atom stereocenters. The molecule has 138 valence electrons. The van der Waals surface area contributed by atoms with Crippen LogP contribution < -0.4 is 10.6 Å². The van der Waals surface area contributed by atoms with E-state index in [1.807, 2.05) is 0 Å². The van der Waals surface area contributed by atoms with E-state index in [0.29, 0.717) is 12.1 Å². The third-order valence-electron chi connectivity index (χ3n) is 5.67. The molecule has 3 unspecified atom stereocenters. The monoisotopic (exact) mass is 448 g/mol. The number of fused-ring (bicyclic) bond motifs is 1. The molecule has 3 saturated carbocycles. The first-order valence-electron chi connectivity index (χ1n) is 9.39. The highest BCUT2D eigenvalue weighted by atomic mass is 127. The lowest BCUT2D eigenvalue weighted by molar-refractivity contribution is -0.127. The highest BCUT2D eigenvalue weighted by Gasteiger charge is 2.33. The van der Waals surface area contributed by atoms with Gasteiger partial charge in [0.1, 0.15) is 6.54 Å². The number of hydrogen-bond acceptors (Lipinski definition) is 2. The number of nitrogens with one attached hydrogen (secondary N) is 2. The van der Waals surface area contributed by atoms with Crippen LogP contribution in [-0.4, -0.2) is 49.5 Å². The number of halogens is 1. The molecule has 0 heterocycles. The van der Waals surface area contributed by atoms with E-state index in [2.05, 4.69) is 15.6 Å². The summed E-state index contributed by atoms with van der Waals surface area (Å²) in [7, 11) is 3.56. The van der Waals surface area contributed by atoms with Crippen LogP contribution >= 0.6 is 24.0 Å². The van der Waals surface area contributed by atoms with E-state index in [9.17, 15) is 4.79 Å². The van der Waals surface area contributed by atoms with Crippen molar-refractivity contribution in [3.8, 4) is 0 Å². The molecule has 1 amide bonds. The van der Waals surface area contributed by atoms with E-state index in [1.165, 1.54) is 57.8 Å². The minimum absolute atomic E-state index is 0. The number of amides is 1. The van der Waals surface area contributed by atoms with Gasteiger partial charge in [0.25, 0.3) is 0 Å². The van der Waals surface area contributed by atoms with Gasteiger partial charge in [0, 0.05) is 26.2 Å². The van der Waals surface area contributed by atoms with Crippen molar-refractivity contribution in [2.24, 2.45) is 16.8 Å². The molecule has 6 heteroatoms. The van der Waals surface area contributed by atoms with Gasteiger partial charge < -0.3 is 15.5 Å². The molecule has 0 saturated heterocycles. The highest BCUT2D eigenvalue weighted by molar-refractivity contribution is 14.0. The van der Waals surface area contributed by atoms with Crippen LogP contribution in [0, 0.1) is 11.8 Å². The van der Waals surface area contributed by atoms with E-state index in [4.69, 9.17) is 0 Å². The Hall–Kier alpha value is -0.530. The third kappa shape index (κ3) is 5.77. The van der Waals surface area contributed by atoms with Gasteiger partial charge in [0.05, 0.1) is 0 Å². The first kappa shape index (κ1) is 19.8. The fraction of sp³-hybridized carbons (Fsp3) is 0.889. The quantitative estimate of drug-likeness (QED) is 0.395. The van der Waals surface area contributed by atoms with Crippen molar-refractivity contribution in [2.45, 2.75) is 69.9 Å². The Kier molecular flexibility index (Phi) is 7.62. The number of nitrogens with zero attached hydrogens (tertiary/aromatic N) is 2. The molecule has 24 heavy (non-hydrogen) atoms. The summed E-state index contributed by atoms with van der Waals surface area (Å²) in [5.41, 5.74) is 0. The van der Waals surface area contributed by atoms with Crippen LogP contribution in [-0.2, 0) is 4.79 Å². The maximum absolute atomic E-state index is 11.8. The maximum atomic E-state index is 11.8. The second-order valence-electron chi connectivity index (χ2n) is 7.83. The van der Waals surface area contributed by atoms with Gasteiger partial charge in [-0.1, -0.05) is 25.7 Å². The standard InChI is InChI=1S/C18H32N4O.HI/c1-22(2)17(23)12-19-18(20-15-9-10-15)21-16-8-7-13-5-3-4-6-14(13)11-16;/h13-16H,3-12H2,1-2H3,(H2,19,20,21);1H. The Morgan fingerprint density at radius 2 is 1.58 bits per heavy atom. The van der Waals surface area contributed by atoms with Crippen LogP contribution in [0.25, 0.3) is 0 Å². The number of rotatable bonds is 4. The summed E-state index contributed by atoms with van der Waals surface area (Å²) in [5, 5.41) is 7.10. The smallest absolute Gasteiger partial charge is 0.243 e. The van der Waals surface area contributed by atoms with Gasteiger partial charge in [0.2, 0.25) is 5.91 Å². The molecule has 0 aromatic carbocycles. The molecule has 2 N–H and O–H groups in total. The first-order chi connectivity index (χ1) is 11.1. The molecule has 3 fully saturated rings. The fourth-order valence-electron chi connectivity index (χ4n) is 4.04. The summed E-state index contributed by atoms with van der Waals surface area (Å²) in [5.74, 6) is 2.77. The minimum Gasteiger partial charge on any atom is -0.354 e. The summed E-state index contributed by atoms with van der Waals surface area (Å²) < 4.78 is 0. The highest BCUT2D eigenvalue weighted by Crippen LogP contribution is 2.40. The number of likely N-dealkylation sites (N-methyl/N-ethyl adjacent to an activating group) is 1. The van der Waals surface area contributed by atoms with Crippen LogP contribution in [0.4, 0.5) is 0 Å². The third-order valence-corrected chi connectivity index (χ3v) is 5.67. The Morgan fingerprint density at radius 3 is 2.25 bits per heavy atom. The second kappa shape index (κ2) is 9.25. The van der Waals surface area contributed by atoms with Crippen molar-refractivity contribution in [1.29, 1.82) is 0 Å². The number of aliphatic imine (C=N–C) groups is 1. The van der Waals surface area contributed by atoms with Crippen LogP contribution in [0.2, 0.25) is 0 Å². The predicted molar refractivity (Wildman–Crippen MR) is 109 cm³/mol. The van der Waals surface area contributed by atoms with E-state index in [-0.39, 0.29) is 36.4 Å². The SMILES string of the molecule is CN(C)C(=O)CN=C(NC1CC1)NC1CCC2CCCCC2C1.I. The van der Waals surface area contributed by atoms with Gasteiger partial charge in [-0.3, -0.25) is 4.79 Å². The molecule has 0 bridgehead atoms. The zero-order valence-electron chi connectivity index (χ0n) is 15.1. The molecule has 0 spiro atoms. The maximum Gasteiger partial charge on any atom is 0.243 e. The molecule has 0 aromatic heterocycles. The molecule has 5 nitrogen and oxygen atoms in total. The second-order valence-corrected chi connectivity index (χ2v) is 7.83. The lowest BCUT2D eigenvalue weighted by Crippen LogP contribution is -2.48. The van der Waals surface area contributed by atoms with Crippen molar-refractivity contribution >= 4 is 35.8 Å². The van der Waals surface area contributed by atoms with Crippen LogP contribution in [0.15, 0.2) is 4.99 Å². The number of guanidine groups is 1. The molecule has 3 aliphatic rings. The van der Waals surface area contributed by atoms with Crippen molar-refractivity contribution < 1.29 is 4.79 Å². The number of carbonyl (C=O) groups excluding carboxylic acids is 1. The van der Waals surface area contributed by atoms with E-state index >= 15 is 0 Å². The van der Waals surface area contributed by atoms with Gasteiger partial charge in [-0.2, -0.15) is 0 Å². The lowest BCUT2D eigenvalue weighted by atomic mass is 9.69. The summed E-state index contributed by atoms with van der Waals surface area (Å²) in [4.78, 5) is 17.9. The molecular formula is C18H33IN4O. The summed E-state index contributed by atoms with van der Waals surface area (Å²) >= 11 is 0. The Bertz CT molecular complexity index is 450. The van der Waals surface area contributed by atoms with Crippen molar-refractivity contribution in [2.75, 3.05) is 20.6 Å². The first-order valence-corrected chi connectivity index (χ1v) is 9.39. The number of carbonyl (C=O) groups is 1. The summed E-state index contributed by atoms with van der Waals surface area (Å²) in [6.45, 7) is 0.230. The molecule has 0 aromatic rings. The zero-order valence-corrected chi connectivity index (χ0v) is 17.4. The van der Waals surface area contributed by atoms with Crippen molar-refractivity contribution in [1.82, 2.24) is 15.5 Å². The van der Waals surface area contributed by atoms with Crippen molar-refractivity contribution in [3.05, 3.63) is 0 Å². The summed E-state index contributed by atoms with van der Waals surface area (Å²) in [6, 6.07) is 1.08. The zero-order chi connectivity index (χ0) is 16.2. The van der Waals surface area contributed by atoms with E-state index in [1.54, 1.807) is 19.0 Å². The van der Waals surface area contributed by atoms with Crippen LogP contribution in [0.3, 0.4) is 0 Å². The average molecular weight is 448 g/mol. The van der Waals surface area contributed by atoms with Gasteiger partial charge in [-0.15, -0.1) is 24.0 Å². The molecular weight excluding hydrogens is 415 g/mol. The Morgan fingerprint density at radius 1 is 0.958 bits per heavy atom. The van der Waals surface area contributed by atoms with Gasteiger partial charge in [-0.25, -0.2) is 4.99 Å². The molecule has 0 aliphatic heterocycles. The van der Waals surface area contributed by atoms with Crippen molar-refractivity contribution in [3.63, 3.8) is 0 Å². The Labute approximate surface area is 163 Å². The minimum atomic E-state index is 0. The normalized spacial score (nSPS) is 29.9. The van der Waals surface area contributed by atoms with Crippen LogP contribution in [0.1, 0.15) is 57.8 Å². The van der Waals surface area contributed by atoms with E-state index < -0.39 is 0 Å². The Balaban J connectivity index is 0.00000208. The predicted octanol–water partition coefficient (Wildman–Crippen LogP) is 2.75. The molecule has 3 aliphatic carbocycles. The topological polar surface area (TPSA) is 56.7 Å². The average Bonchev–Trinajstić information content (AvgIpc) is 3.36. The van der Waals surface area contributed by atoms with Gasteiger partial charge >= 0.3 is 0 Å². The summed E-state index contributed by atoms with van der Waals surface area (Å²) in [6.07, 6.45) is 12.0. The number of hydrogen-bond donors (Lipinski definition) is 2.